The van der Waals surface area contributed by atoms with Crippen molar-refractivity contribution in [1.29, 1.82) is 5.26 Å². The first kappa shape index (κ1) is 16.0. The Morgan fingerprint density at radius 1 is 1.21 bits per heavy atom. The van der Waals surface area contributed by atoms with Gasteiger partial charge < -0.3 is 9.64 Å². The Morgan fingerprint density at radius 2 is 2.00 bits per heavy atom. The molecule has 0 amide bonds. The summed E-state index contributed by atoms with van der Waals surface area (Å²) in [6.07, 6.45) is 8.13. The minimum Gasteiger partial charge on any atom is -0.496 e. The van der Waals surface area contributed by atoms with Crippen molar-refractivity contribution in [3.05, 3.63) is 29.3 Å². The van der Waals surface area contributed by atoms with Crippen LogP contribution in [0, 0.1) is 22.7 Å². The van der Waals surface area contributed by atoms with Crippen LogP contribution in [0.4, 0.5) is 0 Å². The maximum Gasteiger partial charge on any atom is 0.122 e. The number of piperidine rings is 1. The quantitative estimate of drug-likeness (QED) is 0.830. The second-order valence-corrected chi connectivity index (χ2v) is 8.46. The van der Waals surface area contributed by atoms with Crippen LogP contribution in [0.25, 0.3) is 0 Å². The molecule has 1 aromatic rings. The lowest BCUT2D eigenvalue weighted by Crippen LogP contribution is -2.44. The van der Waals surface area contributed by atoms with E-state index in [0.717, 1.165) is 23.3 Å². The molecule has 3 nitrogen and oxygen atoms in total. The molecule has 0 aromatic heterocycles. The Balaban J connectivity index is 1.44. The van der Waals surface area contributed by atoms with E-state index in [2.05, 4.69) is 17.9 Å². The summed E-state index contributed by atoms with van der Waals surface area (Å²) < 4.78 is 5.56. The van der Waals surface area contributed by atoms with E-state index in [0.29, 0.717) is 11.3 Å². The van der Waals surface area contributed by atoms with E-state index in [9.17, 15) is 5.26 Å². The molecule has 3 heteroatoms. The topological polar surface area (TPSA) is 36.3 Å². The zero-order valence-electron chi connectivity index (χ0n) is 14.9. The van der Waals surface area contributed by atoms with Gasteiger partial charge in [0.05, 0.1) is 18.7 Å². The predicted molar refractivity (Wildman–Crippen MR) is 95.1 cm³/mol. The van der Waals surface area contributed by atoms with Gasteiger partial charge in [-0.15, -0.1) is 0 Å². The van der Waals surface area contributed by atoms with E-state index in [-0.39, 0.29) is 0 Å². The Labute approximate surface area is 145 Å². The van der Waals surface area contributed by atoms with Crippen molar-refractivity contribution in [1.82, 2.24) is 4.90 Å². The Morgan fingerprint density at radius 3 is 2.58 bits per heavy atom. The summed E-state index contributed by atoms with van der Waals surface area (Å²) in [5.41, 5.74) is 2.61. The summed E-state index contributed by atoms with van der Waals surface area (Å²) in [6, 6.07) is 8.95. The molecule has 3 fully saturated rings. The fourth-order valence-electron chi connectivity index (χ4n) is 5.65. The predicted octanol–water partition coefficient (Wildman–Crippen LogP) is 4.32. The number of hydrogen-bond donors (Lipinski definition) is 0. The van der Waals surface area contributed by atoms with Crippen molar-refractivity contribution >= 4 is 0 Å². The van der Waals surface area contributed by atoms with E-state index >= 15 is 0 Å². The Hall–Kier alpha value is -1.53. The second kappa shape index (κ2) is 6.08. The molecule has 128 valence electrons. The van der Waals surface area contributed by atoms with Crippen molar-refractivity contribution in [2.75, 3.05) is 20.2 Å². The molecule has 2 bridgehead atoms. The van der Waals surface area contributed by atoms with E-state index in [1.165, 1.54) is 57.2 Å². The molecule has 1 saturated heterocycles. The van der Waals surface area contributed by atoms with Crippen LogP contribution in [-0.4, -0.2) is 31.1 Å². The Bertz CT molecular complexity index is 656. The van der Waals surface area contributed by atoms with Gasteiger partial charge >= 0.3 is 0 Å². The number of ether oxygens (including phenoxy) is 1. The van der Waals surface area contributed by atoms with Crippen LogP contribution >= 0.6 is 0 Å². The summed E-state index contributed by atoms with van der Waals surface area (Å²) in [5, 5.41) is 9.20. The SMILES string of the molecule is COc1ccc(C#N)cc1C1CCN([C@H]2C[C@@]3(C)CC[C@H]2C3)CC1. The Kier molecular flexibility index (Phi) is 4.04. The van der Waals surface area contributed by atoms with Crippen LogP contribution in [-0.2, 0) is 0 Å². The normalized spacial score (nSPS) is 33.5. The average Bonchev–Trinajstić information content (AvgIpc) is 3.17. The lowest BCUT2D eigenvalue weighted by molar-refractivity contribution is 0.100. The molecule has 1 heterocycles. The zero-order chi connectivity index (χ0) is 16.7. The number of methoxy groups -OCH3 is 1. The van der Waals surface area contributed by atoms with Crippen LogP contribution < -0.4 is 4.74 Å². The van der Waals surface area contributed by atoms with Crippen molar-refractivity contribution in [3.8, 4) is 11.8 Å². The van der Waals surface area contributed by atoms with Crippen LogP contribution in [0.1, 0.15) is 62.5 Å². The molecule has 1 aromatic carbocycles. The van der Waals surface area contributed by atoms with Crippen LogP contribution in [0.3, 0.4) is 0 Å². The van der Waals surface area contributed by atoms with Gasteiger partial charge in [-0.25, -0.2) is 0 Å². The van der Waals surface area contributed by atoms with Crippen LogP contribution in [0.15, 0.2) is 18.2 Å². The van der Waals surface area contributed by atoms with E-state index in [4.69, 9.17) is 4.74 Å². The average molecular weight is 324 g/mol. The van der Waals surface area contributed by atoms with Crippen molar-refractivity contribution in [2.24, 2.45) is 11.3 Å². The third-order valence-corrected chi connectivity index (χ3v) is 6.92. The maximum atomic E-state index is 9.20. The van der Waals surface area contributed by atoms with Gasteiger partial charge in [-0.1, -0.05) is 6.92 Å². The molecule has 2 saturated carbocycles. The van der Waals surface area contributed by atoms with Gasteiger partial charge in [0, 0.05) is 6.04 Å². The lowest BCUT2D eigenvalue weighted by Gasteiger charge is -2.40. The molecule has 0 spiro atoms. The standard InChI is InChI=1S/C21H28N2O/c1-21-8-5-17(12-21)19(13-21)23-9-6-16(7-10-23)18-11-15(14-22)3-4-20(18)24-2/h3-4,11,16-17,19H,5-10,12-13H2,1-2H3/t17-,19-,21-/m0/s1. The third-order valence-electron chi connectivity index (χ3n) is 6.92. The molecule has 2 aliphatic carbocycles. The zero-order valence-corrected chi connectivity index (χ0v) is 14.9. The van der Waals surface area contributed by atoms with Crippen LogP contribution in [0.5, 0.6) is 5.75 Å². The number of hydrogen-bond acceptors (Lipinski definition) is 3. The van der Waals surface area contributed by atoms with Crippen LogP contribution in [0.2, 0.25) is 0 Å². The van der Waals surface area contributed by atoms with Gasteiger partial charge in [-0.05, 0) is 92.6 Å². The third kappa shape index (κ3) is 2.71. The molecule has 0 radical (unpaired) electrons. The molecule has 1 aliphatic heterocycles. The number of likely N-dealkylation sites (tertiary alicyclic amines) is 1. The number of nitriles is 1. The monoisotopic (exact) mass is 324 g/mol. The highest BCUT2D eigenvalue weighted by Crippen LogP contribution is 2.55. The first-order valence-corrected chi connectivity index (χ1v) is 9.44. The fourth-order valence-corrected chi connectivity index (χ4v) is 5.65. The van der Waals surface area contributed by atoms with Gasteiger partial charge in [0.15, 0.2) is 0 Å². The number of nitrogens with zero attached hydrogens (tertiary/aromatic N) is 2. The minimum absolute atomic E-state index is 0.527. The number of benzene rings is 1. The van der Waals surface area contributed by atoms with E-state index < -0.39 is 0 Å². The van der Waals surface area contributed by atoms with E-state index in [1.807, 2.05) is 18.2 Å². The van der Waals surface area contributed by atoms with Gasteiger partial charge in [-0.2, -0.15) is 5.26 Å². The highest BCUT2D eigenvalue weighted by Gasteiger charge is 2.49. The van der Waals surface area contributed by atoms with Gasteiger partial charge in [0.1, 0.15) is 5.75 Å². The molecular formula is C21H28N2O. The molecule has 24 heavy (non-hydrogen) atoms. The summed E-state index contributed by atoms with van der Waals surface area (Å²) in [6.45, 7) is 4.89. The van der Waals surface area contributed by atoms with Gasteiger partial charge in [-0.3, -0.25) is 0 Å². The molecular weight excluding hydrogens is 296 g/mol. The minimum atomic E-state index is 0.527. The molecule has 0 N–H and O–H groups in total. The highest BCUT2D eigenvalue weighted by atomic mass is 16.5. The number of rotatable bonds is 3. The van der Waals surface area contributed by atoms with Crippen molar-refractivity contribution in [2.45, 2.75) is 57.4 Å². The number of fused-ring (bicyclic) bond motifs is 2. The van der Waals surface area contributed by atoms with Crippen molar-refractivity contribution in [3.63, 3.8) is 0 Å². The molecule has 0 unspecified atom stereocenters. The first-order valence-electron chi connectivity index (χ1n) is 9.44. The summed E-state index contributed by atoms with van der Waals surface area (Å²) >= 11 is 0. The highest BCUT2D eigenvalue weighted by molar-refractivity contribution is 5.44. The van der Waals surface area contributed by atoms with E-state index in [1.54, 1.807) is 7.11 Å². The second-order valence-electron chi connectivity index (χ2n) is 8.46. The molecule has 3 atom stereocenters. The largest absolute Gasteiger partial charge is 0.496 e. The lowest BCUT2D eigenvalue weighted by atomic mass is 9.82. The summed E-state index contributed by atoms with van der Waals surface area (Å²) in [7, 11) is 1.73. The molecule has 3 aliphatic rings. The smallest absolute Gasteiger partial charge is 0.122 e. The fraction of sp³-hybridized carbons (Fsp3) is 0.667. The van der Waals surface area contributed by atoms with Gasteiger partial charge in [0.25, 0.3) is 0 Å². The van der Waals surface area contributed by atoms with Gasteiger partial charge in [0.2, 0.25) is 0 Å². The summed E-state index contributed by atoms with van der Waals surface area (Å²) in [4.78, 5) is 2.77. The first-order chi connectivity index (χ1) is 11.6. The molecule has 4 rings (SSSR count). The van der Waals surface area contributed by atoms with Crippen molar-refractivity contribution < 1.29 is 4.74 Å². The maximum absolute atomic E-state index is 9.20. The summed E-state index contributed by atoms with van der Waals surface area (Å²) in [5.74, 6) is 2.42.